The molecule has 0 amide bonds. The minimum absolute atomic E-state index is 0.626. The summed E-state index contributed by atoms with van der Waals surface area (Å²) in [5.74, 6) is 0.626. The topological polar surface area (TPSA) is 42.4 Å². The number of oxazole rings is 1. The second-order valence-corrected chi connectivity index (χ2v) is 15.5. The molecule has 4 heteroatoms. The maximum absolute atomic E-state index is 6.54. The van der Waals surface area contributed by atoms with Crippen molar-refractivity contribution >= 4 is 71.6 Å². The molecule has 0 atom stereocenters. The maximum atomic E-state index is 6.54. The first-order chi connectivity index (χ1) is 30.2. The van der Waals surface area contributed by atoms with Crippen LogP contribution in [0, 0.1) is 0 Å². The van der Waals surface area contributed by atoms with Crippen molar-refractivity contribution in [2.24, 2.45) is 0 Å². The summed E-state index contributed by atoms with van der Waals surface area (Å²) < 4.78 is 13.0. The predicted octanol–water partition coefficient (Wildman–Crippen LogP) is 16.2. The van der Waals surface area contributed by atoms with Crippen molar-refractivity contribution < 1.29 is 8.83 Å². The van der Waals surface area contributed by atoms with Crippen molar-refractivity contribution in [3.05, 3.63) is 218 Å². The molecular formula is C57H36N2O2. The van der Waals surface area contributed by atoms with Gasteiger partial charge in [-0.25, -0.2) is 4.98 Å². The van der Waals surface area contributed by atoms with E-state index in [1.54, 1.807) is 0 Å². The Morgan fingerprint density at radius 3 is 1.85 bits per heavy atom. The fraction of sp³-hybridized carbons (Fsp3) is 0. The highest BCUT2D eigenvalue weighted by molar-refractivity contribution is 6.18. The normalized spacial score (nSPS) is 11.6. The van der Waals surface area contributed by atoms with E-state index < -0.39 is 0 Å². The van der Waals surface area contributed by atoms with E-state index in [4.69, 9.17) is 13.8 Å². The van der Waals surface area contributed by atoms with Crippen LogP contribution < -0.4 is 4.90 Å². The molecule has 0 N–H and O–H groups in total. The van der Waals surface area contributed by atoms with Gasteiger partial charge in [0.05, 0.1) is 5.69 Å². The third-order valence-corrected chi connectivity index (χ3v) is 11.9. The van der Waals surface area contributed by atoms with Crippen LogP contribution in [-0.2, 0) is 0 Å². The van der Waals surface area contributed by atoms with E-state index in [0.29, 0.717) is 5.89 Å². The Bertz CT molecular complexity index is 3590. The number of nitrogens with zero attached hydrogens (tertiary/aromatic N) is 2. The molecule has 0 aliphatic carbocycles. The summed E-state index contributed by atoms with van der Waals surface area (Å²) >= 11 is 0. The zero-order valence-electron chi connectivity index (χ0n) is 33.0. The first-order valence-electron chi connectivity index (χ1n) is 20.6. The van der Waals surface area contributed by atoms with Crippen LogP contribution in [0.15, 0.2) is 227 Å². The predicted molar refractivity (Wildman–Crippen MR) is 253 cm³/mol. The monoisotopic (exact) mass is 780 g/mol. The van der Waals surface area contributed by atoms with Gasteiger partial charge in [-0.2, -0.15) is 0 Å². The molecule has 0 bridgehead atoms. The lowest BCUT2D eigenvalue weighted by molar-refractivity contribution is 0.623. The van der Waals surface area contributed by atoms with Crippen molar-refractivity contribution in [1.82, 2.24) is 4.98 Å². The highest BCUT2D eigenvalue weighted by Crippen LogP contribution is 2.44. The van der Waals surface area contributed by atoms with E-state index in [1.165, 1.54) is 11.1 Å². The molecule has 0 spiro atoms. The lowest BCUT2D eigenvalue weighted by Crippen LogP contribution is -2.11. The first kappa shape index (κ1) is 34.8. The maximum Gasteiger partial charge on any atom is 0.227 e. The smallest absolute Gasteiger partial charge is 0.227 e. The number of hydrogen-bond acceptors (Lipinski definition) is 4. The number of hydrogen-bond donors (Lipinski definition) is 0. The molecule has 0 radical (unpaired) electrons. The van der Waals surface area contributed by atoms with Gasteiger partial charge in [-0.05, 0) is 111 Å². The number of anilines is 3. The van der Waals surface area contributed by atoms with Crippen molar-refractivity contribution in [3.8, 4) is 44.8 Å². The van der Waals surface area contributed by atoms with E-state index in [-0.39, 0.29) is 0 Å². The highest BCUT2D eigenvalue weighted by Gasteiger charge is 2.20. The Hall–Kier alpha value is -8.21. The molecule has 0 unspecified atom stereocenters. The van der Waals surface area contributed by atoms with Gasteiger partial charge in [0.2, 0.25) is 5.89 Å². The van der Waals surface area contributed by atoms with E-state index >= 15 is 0 Å². The van der Waals surface area contributed by atoms with Gasteiger partial charge < -0.3 is 13.7 Å². The van der Waals surface area contributed by atoms with Gasteiger partial charge in [0.1, 0.15) is 16.7 Å². The fourth-order valence-corrected chi connectivity index (χ4v) is 8.90. The van der Waals surface area contributed by atoms with Crippen LogP contribution >= 0.6 is 0 Å². The Labute approximate surface area is 352 Å². The third kappa shape index (κ3) is 6.04. The van der Waals surface area contributed by atoms with E-state index in [0.717, 1.165) is 99.5 Å². The summed E-state index contributed by atoms with van der Waals surface area (Å²) in [6, 6.07) is 77.1. The van der Waals surface area contributed by atoms with Crippen LogP contribution in [-0.4, -0.2) is 4.98 Å². The quantitative estimate of drug-likeness (QED) is 0.151. The van der Waals surface area contributed by atoms with Crippen LogP contribution in [0.5, 0.6) is 0 Å². The lowest BCUT2D eigenvalue weighted by atomic mass is 9.96. The van der Waals surface area contributed by atoms with Crippen molar-refractivity contribution in [3.63, 3.8) is 0 Å². The Balaban J connectivity index is 0.989. The summed E-state index contributed by atoms with van der Waals surface area (Å²) in [6.07, 6.45) is 0. The SMILES string of the molecule is c1ccc(-c2cccc(-c3ccccc3N(c3ccc(-c4ccc5ccc6ccc7nc(-c8ccccc8)oc7c6c5c4)cc3)c3ccc4c(c3)oc3ccccc34)c2)cc1. The minimum Gasteiger partial charge on any atom is -0.456 e. The van der Waals surface area contributed by atoms with Crippen molar-refractivity contribution in [1.29, 1.82) is 0 Å². The van der Waals surface area contributed by atoms with Crippen LogP contribution in [0.1, 0.15) is 0 Å². The summed E-state index contributed by atoms with van der Waals surface area (Å²) in [4.78, 5) is 7.24. The molecule has 0 saturated carbocycles. The van der Waals surface area contributed by atoms with E-state index in [2.05, 4.69) is 181 Å². The number of rotatable bonds is 7. The van der Waals surface area contributed by atoms with Gasteiger partial charge >= 0.3 is 0 Å². The van der Waals surface area contributed by atoms with Gasteiger partial charge in [0.15, 0.2) is 5.58 Å². The van der Waals surface area contributed by atoms with Crippen LogP contribution in [0.3, 0.4) is 0 Å². The van der Waals surface area contributed by atoms with Gasteiger partial charge in [-0.15, -0.1) is 0 Å². The standard InChI is InChI=1S/C57H36N2O2/c1-3-12-37(13-4-1)42-16-11-17-44(34-42)47-18-7-9-20-52(47)59(46-31-32-49-48-19-8-10-21-53(48)60-54(49)36-46)45-29-26-38(27-30-45)43-25-23-39-22-24-40-28-33-51-56(55(40)50(39)35-43)61-57(58-51)41-14-5-2-6-15-41/h1-36H. The number of benzene rings is 10. The first-order valence-corrected chi connectivity index (χ1v) is 20.6. The average molecular weight is 781 g/mol. The number of para-hydroxylation sites is 2. The van der Waals surface area contributed by atoms with E-state index in [1.807, 2.05) is 42.5 Å². The largest absolute Gasteiger partial charge is 0.456 e. The van der Waals surface area contributed by atoms with Gasteiger partial charge in [0.25, 0.3) is 0 Å². The Kier molecular flexibility index (Phi) is 8.13. The molecule has 0 fully saturated rings. The van der Waals surface area contributed by atoms with E-state index in [9.17, 15) is 0 Å². The zero-order valence-corrected chi connectivity index (χ0v) is 33.0. The summed E-state index contributed by atoms with van der Waals surface area (Å²) in [5, 5.41) is 6.69. The molecule has 12 aromatic rings. The second kappa shape index (κ2) is 14.3. The highest BCUT2D eigenvalue weighted by atomic mass is 16.3. The summed E-state index contributed by atoms with van der Waals surface area (Å²) in [5.41, 5.74) is 14.3. The van der Waals surface area contributed by atoms with Crippen LogP contribution in [0.25, 0.3) is 99.4 Å². The van der Waals surface area contributed by atoms with Gasteiger partial charge in [0, 0.05) is 44.7 Å². The summed E-state index contributed by atoms with van der Waals surface area (Å²) in [7, 11) is 0. The molecule has 0 aliphatic rings. The molecule has 286 valence electrons. The third-order valence-electron chi connectivity index (χ3n) is 11.9. The zero-order chi connectivity index (χ0) is 40.3. The van der Waals surface area contributed by atoms with Gasteiger partial charge in [-0.3, -0.25) is 0 Å². The molecular weight excluding hydrogens is 745 g/mol. The average Bonchev–Trinajstić information content (AvgIpc) is 3.94. The van der Waals surface area contributed by atoms with Crippen molar-refractivity contribution in [2.75, 3.05) is 4.90 Å². The lowest BCUT2D eigenvalue weighted by Gasteiger charge is -2.28. The molecule has 2 aromatic heterocycles. The molecule has 2 heterocycles. The summed E-state index contributed by atoms with van der Waals surface area (Å²) in [6.45, 7) is 0. The second-order valence-electron chi connectivity index (χ2n) is 15.5. The van der Waals surface area contributed by atoms with Crippen LogP contribution in [0.4, 0.5) is 17.1 Å². The number of furan rings is 1. The molecule has 61 heavy (non-hydrogen) atoms. The minimum atomic E-state index is 0.626. The molecule has 10 aromatic carbocycles. The van der Waals surface area contributed by atoms with Crippen LogP contribution in [0.2, 0.25) is 0 Å². The van der Waals surface area contributed by atoms with Crippen molar-refractivity contribution in [2.45, 2.75) is 0 Å². The molecule has 0 saturated heterocycles. The number of aromatic nitrogens is 1. The number of fused-ring (bicyclic) bond motifs is 8. The van der Waals surface area contributed by atoms with Gasteiger partial charge in [-0.1, -0.05) is 146 Å². The Morgan fingerprint density at radius 2 is 0.984 bits per heavy atom. The molecule has 0 aliphatic heterocycles. The molecule has 12 rings (SSSR count). The Morgan fingerprint density at radius 1 is 0.361 bits per heavy atom. The molecule has 4 nitrogen and oxygen atoms in total. The fourth-order valence-electron chi connectivity index (χ4n) is 8.90.